The van der Waals surface area contributed by atoms with Crippen LogP contribution in [0.25, 0.3) is 10.9 Å². The SMILES string of the molecule is O=C(c1n[nH]c2ccccc12)N1CCC(N(c2ccncn2)C2CC2)CC1. The number of carbonyl (C=O) groups excluding carboxylic acids is 1. The van der Waals surface area contributed by atoms with Gasteiger partial charge in [0.15, 0.2) is 5.69 Å². The number of benzene rings is 1. The monoisotopic (exact) mass is 362 g/mol. The Morgan fingerprint density at radius 3 is 2.59 bits per heavy atom. The van der Waals surface area contributed by atoms with Crippen molar-refractivity contribution >= 4 is 22.6 Å². The lowest BCUT2D eigenvalue weighted by Gasteiger charge is -2.39. The topological polar surface area (TPSA) is 78.0 Å². The predicted octanol–water partition coefficient (Wildman–Crippen LogP) is 2.63. The van der Waals surface area contributed by atoms with Crippen molar-refractivity contribution in [2.24, 2.45) is 0 Å². The van der Waals surface area contributed by atoms with E-state index in [0.717, 1.165) is 42.7 Å². The van der Waals surface area contributed by atoms with E-state index in [1.165, 1.54) is 12.8 Å². The van der Waals surface area contributed by atoms with E-state index in [9.17, 15) is 4.79 Å². The maximum absolute atomic E-state index is 13.0. The molecular weight excluding hydrogens is 340 g/mol. The van der Waals surface area contributed by atoms with Crippen molar-refractivity contribution in [3.63, 3.8) is 0 Å². The first-order valence-corrected chi connectivity index (χ1v) is 9.58. The largest absolute Gasteiger partial charge is 0.350 e. The average Bonchev–Trinajstić information content (AvgIpc) is 3.46. The van der Waals surface area contributed by atoms with Gasteiger partial charge in [0, 0.05) is 36.8 Å². The molecule has 1 aliphatic carbocycles. The fourth-order valence-corrected chi connectivity index (χ4v) is 4.08. The quantitative estimate of drug-likeness (QED) is 0.772. The van der Waals surface area contributed by atoms with Crippen molar-refractivity contribution in [3.05, 3.63) is 48.5 Å². The van der Waals surface area contributed by atoms with Crippen LogP contribution in [0.1, 0.15) is 36.2 Å². The van der Waals surface area contributed by atoms with Crippen molar-refractivity contribution < 1.29 is 4.79 Å². The smallest absolute Gasteiger partial charge is 0.274 e. The fraction of sp³-hybridized carbons (Fsp3) is 0.400. The van der Waals surface area contributed by atoms with Crippen molar-refractivity contribution in [2.45, 2.75) is 37.8 Å². The van der Waals surface area contributed by atoms with Crippen LogP contribution in [0.3, 0.4) is 0 Å². The number of carbonyl (C=O) groups is 1. The zero-order chi connectivity index (χ0) is 18.2. The van der Waals surface area contributed by atoms with Crippen LogP contribution in [0.2, 0.25) is 0 Å². The number of para-hydroxylation sites is 1. The molecule has 1 aliphatic heterocycles. The van der Waals surface area contributed by atoms with Gasteiger partial charge in [-0.2, -0.15) is 5.10 Å². The maximum atomic E-state index is 13.0. The number of fused-ring (bicyclic) bond motifs is 1. The van der Waals surface area contributed by atoms with Gasteiger partial charge >= 0.3 is 0 Å². The number of nitrogens with one attached hydrogen (secondary N) is 1. The Kier molecular flexibility index (Phi) is 3.99. The second-order valence-corrected chi connectivity index (χ2v) is 7.35. The van der Waals surface area contributed by atoms with Gasteiger partial charge < -0.3 is 9.80 Å². The molecule has 1 saturated carbocycles. The number of rotatable bonds is 4. The van der Waals surface area contributed by atoms with Gasteiger partial charge in [-0.15, -0.1) is 0 Å². The molecule has 0 unspecified atom stereocenters. The number of aromatic amines is 1. The lowest BCUT2D eigenvalue weighted by atomic mass is 10.0. The molecule has 0 atom stereocenters. The van der Waals surface area contributed by atoms with Gasteiger partial charge in [-0.25, -0.2) is 9.97 Å². The molecule has 0 spiro atoms. The van der Waals surface area contributed by atoms with Gasteiger partial charge in [-0.1, -0.05) is 18.2 Å². The van der Waals surface area contributed by atoms with Crippen LogP contribution < -0.4 is 4.90 Å². The molecular formula is C20H22N6O. The number of anilines is 1. The summed E-state index contributed by atoms with van der Waals surface area (Å²) in [5, 5.41) is 8.12. The van der Waals surface area contributed by atoms with Crippen LogP contribution in [0, 0.1) is 0 Å². The van der Waals surface area contributed by atoms with Crippen LogP contribution in [0.4, 0.5) is 5.82 Å². The number of hydrogen-bond donors (Lipinski definition) is 1. The van der Waals surface area contributed by atoms with E-state index in [2.05, 4.69) is 25.1 Å². The minimum absolute atomic E-state index is 0.0194. The summed E-state index contributed by atoms with van der Waals surface area (Å²) >= 11 is 0. The van der Waals surface area contributed by atoms with E-state index in [4.69, 9.17) is 0 Å². The second kappa shape index (κ2) is 6.64. The lowest BCUT2D eigenvalue weighted by Crippen LogP contribution is -2.48. The molecule has 7 nitrogen and oxygen atoms in total. The molecule has 1 amide bonds. The van der Waals surface area contributed by atoms with Crippen molar-refractivity contribution in [2.75, 3.05) is 18.0 Å². The van der Waals surface area contributed by atoms with E-state index in [-0.39, 0.29) is 5.91 Å². The molecule has 2 aromatic heterocycles. The number of likely N-dealkylation sites (tertiary alicyclic amines) is 1. The molecule has 2 aliphatic rings. The molecule has 0 bridgehead atoms. The first-order valence-electron chi connectivity index (χ1n) is 9.58. The number of H-pyrrole nitrogens is 1. The number of nitrogens with zero attached hydrogens (tertiary/aromatic N) is 5. The minimum Gasteiger partial charge on any atom is -0.350 e. The number of hydrogen-bond acceptors (Lipinski definition) is 5. The van der Waals surface area contributed by atoms with Gasteiger partial charge in [0.25, 0.3) is 5.91 Å². The summed E-state index contributed by atoms with van der Waals surface area (Å²) in [6, 6.07) is 10.8. The Morgan fingerprint density at radius 1 is 1.07 bits per heavy atom. The third kappa shape index (κ3) is 3.03. The van der Waals surface area contributed by atoms with E-state index < -0.39 is 0 Å². The molecule has 7 heteroatoms. The summed E-state index contributed by atoms with van der Waals surface area (Å²) in [6.45, 7) is 1.50. The van der Waals surface area contributed by atoms with E-state index >= 15 is 0 Å². The summed E-state index contributed by atoms with van der Waals surface area (Å²) in [5.74, 6) is 1.03. The third-order valence-electron chi connectivity index (χ3n) is 5.59. The Morgan fingerprint density at radius 2 is 1.85 bits per heavy atom. The molecule has 138 valence electrons. The first-order chi connectivity index (χ1) is 13.3. The van der Waals surface area contributed by atoms with Gasteiger partial charge in [-0.3, -0.25) is 9.89 Å². The summed E-state index contributed by atoms with van der Waals surface area (Å²) in [5.41, 5.74) is 1.43. The summed E-state index contributed by atoms with van der Waals surface area (Å²) < 4.78 is 0. The molecule has 27 heavy (non-hydrogen) atoms. The van der Waals surface area contributed by atoms with E-state index in [1.807, 2.05) is 35.2 Å². The fourth-order valence-electron chi connectivity index (χ4n) is 4.08. The highest BCUT2D eigenvalue weighted by molar-refractivity contribution is 6.04. The molecule has 1 aromatic carbocycles. The Balaban J connectivity index is 1.30. The van der Waals surface area contributed by atoms with Crippen molar-refractivity contribution in [3.8, 4) is 0 Å². The minimum atomic E-state index is 0.0194. The molecule has 2 fully saturated rings. The predicted molar refractivity (Wildman–Crippen MR) is 103 cm³/mol. The summed E-state index contributed by atoms with van der Waals surface area (Å²) in [4.78, 5) is 25.9. The molecule has 0 radical (unpaired) electrons. The molecule has 3 heterocycles. The molecule has 5 rings (SSSR count). The molecule has 1 N–H and O–H groups in total. The Hall–Kier alpha value is -2.96. The third-order valence-corrected chi connectivity index (χ3v) is 5.59. The van der Waals surface area contributed by atoms with Crippen molar-refractivity contribution in [1.29, 1.82) is 0 Å². The molecule has 3 aromatic rings. The average molecular weight is 362 g/mol. The lowest BCUT2D eigenvalue weighted by molar-refractivity contribution is 0.0708. The Bertz CT molecular complexity index is 943. The van der Waals surface area contributed by atoms with Gasteiger partial charge in [0.1, 0.15) is 12.1 Å². The summed E-state index contributed by atoms with van der Waals surface area (Å²) in [7, 11) is 0. The van der Waals surface area contributed by atoms with Crippen molar-refractivity contribution in [1.82, 2.24) is 25.1 Å². The zero-order valence-electron chi connectivity index (χ0n) is 15.1. The highest BCUT2D eigenvalue weighted by Crippen LogP contribution is 2.35. The maximum Gasteiger partial charge on any atom is 0.274 e. The van der Waals surface area contributed by atoms with Crippen LogP contribution in [-0.2, 0) is 0 Å². The van der Waals surface area contributed by atoms with Gasteiger partial charge in [0.2, 0.25) is 0 Å². The first kappa shape index (κ1) is 16.2. The second-order valence-electron chi connectivity index (χ2n) is 7.35. The van der Waals surface area contributed by atoms with E-state index in [1.54, 1.807) is 12.5 Å². The Labute approximate surface area is 157 Å². The normalized spacial score (nSPS) is 18.0. The van der Waals surface area contributed by atoms with Gasteiger partial charge in [-0.05, 0) is 37.8 Å². The van der Waals surface area contributed by atoms with E-state index in [0.29, 0.717) is 17.8 Å². The zero-order valence-corrected chi connectivity index (χ0v) is 15.1. The van der Waals surface area contributed by atoms with Crippen LogP contribution in [-0.4, -0.2) is 56.1 Å². The standard InChI is InChI=1S/C20H22N6O/c27-20(19-16-3-1-2-4-17(16)23-24-19)25-11-8-15(9-12-25)26(14-5-6-14)18-7-10-21-13-22-18/h1-4,7,10,13-15H,5-6,8-9,11-12H2,(H,23,24). The summed E-state index contributed by atoms with van der Waals surface area (Å²) in [6.07, 6.45) is 7.78. The molecule has 1 saturated heterocycles. The van der Waals surface area contributed by atoms with Crippen LogP contribution in [0.15, 0.2) is 42.9 Å². The van der Waals surface area contributed by atoms with Gasteiger partial charge in [0.05, 0.1) is 5.52 Å². The highest BCUT2D eigenvalue weighted by atomic mass is 16.2. The van der Waals surface area contributed by atoms with Crippen LogP contribution in [0.5, 0.6) is 0 Å². The number of amides is 1. The number of aromatic nitrogens is 4. The van der Waals surface area contributed by atoms with Crippen LogP contribution >= 0.6 is 0 Å². The number of piperidine rings is 1. The highest BCUT2D eigenvalue weighted by Gasteiger charge is 2.37.